The Morgan fingerprint density at radius 3 is 1.83 bits per heavy atom. The number of hydrogen-bond acceptors (Lipinski definition) is 8. The van der Waals surface area contributed by atoms with Crippen LogP contribution in [0.2, 0.25) is 10.0 Å². The summed E-state index contributed by atoms with van der Waals surface area (Å²) >= 11 is 12.1. The van der Waals surface area contributed by atoms with Crippen LogP contribution in [0, 0.1) is 0 Å². The fourth-order valence-electron chi connectivity index (χ4n) is 3.44. The Morgan fingerprint density at radius 1 is 0.857 bits per heavy atom. The van der Waals surface area contributed by atoms with Crippen molar-refractivity contribution in [3.63, 3.8) is 0 Å². The maximum Gasteiger partial charge on any atom is 0.224 e. The van der Waals surface area contributed by atoms with Gasteiger partial charge in [-0.25, -0.2) is 9.97 Å². The van der Waals surface area contributed by atoms with Crippen LogP contribution in [0.5, 0.6) is 0 Å². The zero-order chi connectivity index (χ0) is 25.4. The average Bonchev–Trinajstić information content (AvgIpc) is 2.84. The van der Waals surface area contributed by atoms with E-state index in [1.807, 2.05) is 6.07 Å². The summed E-state index contributed by atoms with van der Waals surface area (Å²) in [5, 5.41) is 3.77. The Morgan fingerprint density at radius 2 is 1.34 bits per heavy atom. The molecule has 2 aromatic rings. The first-order valence-corrected chi connectivity index (χ1v) is 12.0. The van der Waals surface area contributed by atoms with Crippen LogP contribution < -0.4 is 20.0 Å². The van der Waals surface area contributed by atoms with Crippen LogP contribution >= 0.6 is 23.2 Å². The van der Waals surface area contributed by atoms with E-state index in [0.717, 1.165) is 37.8 Å². The van der Waals surface area contributed by atoms with Gasteiger partial charge in [0.2, 0.25) is 11.8 Å². The lowest BCUT2D eigenvalue weighted by atomic mass is 10.3. The van der Waals surface area contributed by atoms with Crippen LogP contribution in [0.25, 0.3) is 0 Å². The third-order valence-corrected chi connectivity index (χ3v) is 5.77. The first-order valence-electron chi connectivity index (χ1n) is 11.3. The van der Waals surface area contributed by atoms with Gasteiger partial charge in [0, 0.05) is 57.1 Å². The second kappa shape index (κ2) is 12.9. The second-order valence-electron chi connectivity index (χ2n) is 7.99. The molecule has 2 fully saturated rings. The molecule has 0 spiro atoms. The first kappa shape index (κ1) is 26.9. The lowest BCUT2D eigenvalue weighted by Gasteiger charge is -2.28. The lowest BCUT2D eigenvalue weighted by molar-refractivity contribution is -0.116. The second-order valence-corrected chi connectivity index (χ2v) is 8.86. The van der Waals surface area contributed by atoms with Crippen molar-refractivity contribution in [1.82, 2.24) is 9.97 Å². The van der Waals surface area contributed by atoms with E-state index in [0.29, 0.717) is 48.1 Å². The van der Waals surface area contributed by atoms with E-state index in [1.165, 1.54) is 18.7 Å². The number of rotatable bonds is 4. The third kappa shape index (κ3) is 8.21. The largest absolute Gasteiger partial charge is 0.378 e. The number of anilines is 4. The van der Waals surface area contributed by atoms with E-state index in [-0.39, 0.29) is 11.8 Å². The van der Waals surface area contributed by atoms with Crippen molar-refractivity contribution in [3.05, 3.63) is 34.3 Å². The van der Waals surface area contributed by atoms with Gasteiger partial charge in [-0.2, -0.15) is 0 Å². The number of halogens is 2. The van der Waals surface area contributed by atoms with Crippen LogP contribution in [0.3, 0.4) is 0 Å². The predicted molar refractivity (Wildman–Crippen MR) is 138 cm³/mol. The molecule has 0 atom stereocenters. The molecule has 4 heterocycles. The molecule has 0 bridgehead atoms. The number of morpholine rings is 2. The van der Waals surface area contributed by atoms with Crippen LogP contribution in [-0.2, 0) is 19.1 Å². The van der Waals surface area contributed by atoms with Gasteiger partial charge in [-0.05, 0) is 24.3 Å². The SMILES string of the molecule is CC(=O)N(C)c1cc(Cl)cc(N2CCOCC2)n1.CC(=O)Nc1cc(Cl)cc(N2CCOCC2)n1. The molecule has 1 N–H and O–H groups in total. The molecule has 190 valence electrons. The molecular weight excluding hydrogens is 495 g/mol. The molecule has 2 aliphatic heterocycles. The van der Waals surface area contributed by atoms with Gasteiger partial charge >= 0.3 is 0 Å². The molecule has 2 saturated heterocycles. The van der Waals surface area contributed by atoms with Crippen molar-refractivity contribution in [3.8, 4) is 0 Å². The van der Waals surface area contributed by atoms with Crippen molar-refractivity contribution < 1.29 is 19.1 Å². The highest BCUT2D eigenvalue weighted by molar-refractivity contribution is 6.31. The maximum atomic E-state index is 11.4. The summed E-state index contributed by atoms with van der Waals surface area (Å²) in [7, 11) is 1.68. The summed E-state index contributed by atoms with van der Waals surface area (Å²) in [6.07, 6.45) is 0. The van der Waals surface area contributed by atoms with E-state index in [1.54, 1.807) is 25.2 Å². The number of amides is 2. The van der Waals surface area contributed by atoms with E-state index in [4.69, 9.17) is 32.7 Å². The lowest BCUT2D eigenvalue weighted by Crippen LogP contribution is -2.37. The number of ether oxygens (including phenoxy) is 2. The van der Waals surface area contributed by atoms with Crippen molar-refractivity contribution in [2.45, 2.75) is 13.8 Å². The summed E-state index contributed by atoms with van der Waals surface area (Å²) < 4.78 is 10.6. The summed E-state index contributed by atoms with van der Waals surface area (Å²) in [4.78, 5) is 36.8. The topological polar surface area (TPSA) is 100 Å². The Hall–Kier alpha value is -2.66. The maximum absolute atomic E-state index is 11.4. The fraction of sp³-hybridized carbons (Fsp3) is 0.478. The highest BCUT2D eigenvalue weighted by atomic mass is 35.5. The quantitative estimate of drug-likeness (QED) is 0.651. The first-order chi connectivity index (χ1) is 16.7. The van der Waals surface area contributed by atoms with Crippen LogP contribution in [0.15, 0.2) is 24.3 Å². The molecule has 0 unspecified atom stereocenters. The highest BCUT2D eigenvalue weighted by Gasteiger charge is 2.16. The molecule has 0 radical (unpaired) electrons. The number of nitrogens with zero attached hydrogens (tertiary/aromatic N) is 5. The summed E-state index contributed by atoms with van der Waals surface area (Å²) in [5.74, 6) is 2.37. The van der Waals surface area contributed by atoms with Crippen molar-refractivity contribution in [2.75, 3.05) is 79.7 Å². The molecule has 10 nitrogen and oxygen atoms in total. The van der Waals surface area contributed by atoms with Gasteiger partial charge in [-0.3, -0.25) is 9.59 Å². The standard InChI is InChI=1S/C12H16ClN3O2.C11H14ClN3O2/c1-9(17)15(2)11-7-10(13)8-12(14-11)16-3-5-18-6-4-16;1-8(16)13-10-6-9(12)7-11(14-10)15-2-4-17-5-3-15/h7-8H,3-6H2,1-2H3;6-7H,2-5H2,1H3,(H,13,14,16). The van der Waals surface area contributed by atoms with E-state index < -0.39 is 0 Å². The number of aromatic nitrogens is 2. The van der Waals surface area contributed by atoms with Gasteiger partial charge in [-0.15, -0.1) is 0 Å². The van der Waals surface area contributed by atoms with Gasteiger partial charge < -0.3 is 29.5 Å². The molecule has 35 heavy (non-hydrogen) atoms. The zero-order valence-corrected chi connectivity index (χ0v) is 21.6. The van der Waals surface area contributed by atoms with Gasteiger partial charge in [0.05, 0.1) is 26.4 Å². The summed E-state index contributed by atoms with van der Waals surface area (Å²) in [6, 6.07) is 6.92. The Balaban J connectivity index is 0.000000196. The monoisotopic (exact) mass is 524 g/mol. The molecule has 12 heteroatoms. The zero-order valence-electron chi connectivity index (χ0n) is 20.1. The number of hydrogen-bond donors (Lipinski definition) is 1. The summed E-state index contributed by atoms with van der Waals surface area (Å²) in [6.45, 7) is 8.83. The minimum absolute atomic E-state index is 0.0716. The van der Waals surface area contributed by atoms with Gasteiger partial charge in [-0.1, -0.05) is 23.2 Å². The molecule has 2 amide bonds. The average molecular weight is 525 g/mol. The molecule has 2 aromatic heterocycles. The van der Waals surface area contributed by atoms with E-state index in [2.05, 4.69) is 25.1 Å². The molecule has 0 saturated carbocycles. The third-order valence-electron chi connectivity index (χ3n) is 5.33. The minimum atomic E-state index is -0.160. The predicted octanol–water partition coefficient (Wildman–Crippen LogP) is 3.08. The molecule has 4 rings (SSSR count). The van der Waals surface area contributed by atoms with Gasteiger partial charge in [0.25, 0.3) is 0 Å². The molecule has 2 aliphatic rings. The van der Waals surface area contributed by atoms with Gasteiger partial charge in [0.15, 0.2) is 0 Å². The number of pyridine rings is 2. The van der Waals surface area contributed by atoms with Crippen molar-refractivity contribution in [1.29, 1.82) is 0 Å². The van der Waals surface area contributed by atoms with Crippen molar-refractivity contribution >= 4 is 58.3 Å². The smallest absolute Gasteiger partial charge is 0.224 e. The van der Waals surface area contributed by atoms with E-state index in [9.17, 15) is 9.59 Å². The molecule has 0 aliphatic carbocycles. The molecular formula is C23H30Cl2N6O4. The molecule has 0 aromatic carbocycles. The van der Waals surface area contributed by atoms with Crippen LogP contribution in [-0.4, -0.2) is 81.4 Å². The van der Waals surface area contributed by atoms with E-state index >= 15 is 0 Å². The normalized spacial score (nSPS) is 15.7. The van der Waals surface area contributed by atoms with Crippen LogP contribution in [0.1, 0.15) is 13.8 Å². The fourth-order valence-corrected chi connectivity index (χ4v) is 3.84. The Kier molecular flexibility index (Phi) is 9.91. The number of carbonyl (C=O) groups is 2. The van der Waals surface area contributed by atoms with Gasteiger partial charge in [0.1, 0.15) is 23.3 Å². The number of nitrogens with one attached hydrogen (secondary N) is 1. The Bertz CT molecular complexity index is 1030. The number of carbonyl (C=O) groups excluding carboxylic acids is 2. The van der Waals surface area contributed by atoms with Crippen LogP contribution in [0.4, 0.5) is 23.3 Å². The summed E-state index contributed by atoms with van der Waals surface area (Å²) in [5.41, 5.74) is 0. The Labute approximate surface area is 215 Å². The minimum Gasteiger partial charge on any atom is -0.378 e. The van der Waals surface area contributed by atoms with Crippen molar-refractivity contribution in [2.24, 2.45) is 0 Å². The highest BCUT2D eigenvalue weighted by Crippen LogP contribution is 2.24.